The average molecular weight is 506 g/mol. The zero-order chi connectivity index (χ0) is 24.5. The van der Waals surface area contributed by atoms with E-state index in [4.69, 9.17) is 32.0 Å². The maximum atomic E-state index is 12.0. The first-order chi connectivity index (χ1) is 16.3. The van der Waals surface area contributed by atoms with E-state index in [0.29, 0.717) is 21.6 Å². The van der Waals surface area contributed by atoms with E-state index in [1.807, 2.05) is 0 Å². The second-order valence-electron chi connectivity index (χ2n) is 6.56. The molecule has 0 radical (unpaired) electrons. The number of carbonyl (C=O) groups is 4. The third kappa shape index (κ3) is 7.50. The molecule has 34 heavy (non-hydrogen) atoms. The smallest absolute Gasteiger partial charge is 0.329 e. The van der Waals surface area contributed by atoms with Gasteiger partial charge in [0, 0.05) is 15.7 Å². The molecule has 3 aromatic rings. The van der Waals surface area contributed by atoms with E-state index in [1.165, 1.54) is 42.8 Å². The van der Waals surface area contributed by atoms with Crippen molar-refractivity contribution >= 4 is 58.7 Å². The van der Waals surface area contributed by atoms with E-state index < -0.39 is 23.6 Å². The van der Waals surface area contributed by atoms with Gasteiger partial charge in [0.2, 0.25) is 0 Å². The van der Waals surface area contributed by atoms with Gasteiger partial charge in [-0.15, -0.1) is 0 Å². The van der Waals surface area contributed by atoms with Crippen LogP contribution in [-0.2, 0) is 32.3 Å². The van der Waals surface area contributed by atoms with E-state index in [0.717, 1.165) is 0 Å². The molecule has 0 saturated carbocycles. The van der Waals surface area contributed by atoms with E-state index in [9.17, 15) is 19.2 Å². The molecule has 0 aliphatic heterocycles. The highest BCUT2D eigenvalue weighted by Crippen LogP contribution is 2.22. The summed E-state index contributed by atoms with van der Waals surface area (Å²) in [6.07, 6.45) is 2.61. The highest BCUT2D eigenvalue weighted by atomic mass is 35.5. The number of hydrogen-bond donors (Lipinski definition) is 4. The van der Waals surface area contributed by atoms with Crippen LogP contribution in [0.15, 0.2) is 62.7 Å². The maximum absolute atomic E-state index is 12.0. The molecule has 2 heterocycles. The molecule has 2 aromatic heterocycles. The zero-order valence-corrected chi connectivity index (χ0v) is 18.8. The predicted molar refractivity (Wildman–Crippen MR) is 122 cm³/mol. The second kappa shape index (κ2) is 11.7. The first-order valence-corrected chi connectivity index (χ1v) is 10.3. The Hall–Kier alpha value is -4.09. The maximum Gasteiger partial charge on any atom is 0.329 e. The van der Waals surface area contributed by atoms with E-state index in [-0.39, 0.29) is 24.5 Å². The molecule has 0 spiro atoms. The summed E-state index contributed by atoms with van der Waals surface area (Å²) in [7, 11) is 0. The quantitative estimate of drug-likeness (QED) is 0.219. The van der Waals surface area contributed by atoms with Crippen molar-refractivity contribution in [2.75, 3.05) is 5.32 Å². The fraction of sp³-hybridized carbons (Fsp3) is 0.0952. The molecule has 0 unspecified atom stereocenters. The lowest BCUT2D eigenvalue weighted by Crippen LogP contribution is -2.37. The first-order valence-electron chi connectivity index (χ1n) is 9.58. The fourth-order valence-electron chi connectivity index (χ4n) is 2.49. The molecule has 3 rings (SSSR count). The van der Waals surface area contributed by atoms with Crippen molar-refractivity contribution in [1.29, 1.82) is 0 Å². The van der Waals surface area contributed by atoms with Gasteiger partial charge in [-0.2, -0.15) is 5.10 Å². The molecule has 0 fully saturated rings. The van der Waals surface area contributed by atoms with Gasteiger partial charge in [-0.1, -0.05) is 23.2 Å². The van der Waals surface area contributed by atoms with Gasteiger partial charge in [0.1, 0.15) is 17.3 Å². The molecule has 0 aliphatic rings. The molecule has 0 bridgehead atoms. The van der Waals surface area contributed by atoms with Crippen molar-refractivity contribution in [3.05, 3.63) is 76.1 Å². The lowest BCUT2D eigenvalue weighted by Gasteiger charge is -2.06. The van der Waals surface area contributed by atoms with Crippen LogP contribution in [-0.4, -0.2) is 29.8 Å². The number of rotatable bonds is 7. The molecule has 0 saturated heterocycles. The number of anilines is 1. The summed E-state index contributed by atoms with van der Waals surface area (Å²) in [6, 6.07) is 10.7. The Morgan fingerprint density at radius 2 is 1.53 bits per heavy atom. The summed E-state index contributed by atoms with van der Waals surface area (Å²) in [6.45, 7) is -0.0287. The van der Waals surface area contributed by atoms with Crippen LogP contribution in [0.1, 0.15) is 17.3 Å². The number of furan rings is 2. The summed E-state index contributed by atoms with van der Waals surface area (Å²) in [5.74, 6) is -2.65. The Kier molecular flexibility index (Phi) is 8.43. The van der Waals surface area contributed by atoms with Crippen LogP contribution in [0, 0.1) is 0 Å². The third-order valence-corrected chi connectivity index (χ3v) is 4.44. The molecule has 0 aliphatic carbocycles. The van der Waals surface area contributed by atoms with Gasteiger partial charge >= 0.3 is 23.6 Å². The highest BCUT2D eigenvalue weighted by Gasteiger charge is 2.15. The average Bonchev–Trinajstić information content (AvgIpc) is 3.47. The minimum atomic E-state index is -0.978. The summed E-state index contributed by atoms with van der Waals surface area (Å²) in [4.78, 5) is 47.4. The summed E-state index contributed by atoms with van der Waals surface area (Å²) in [5.41, 5.74) is 2.32. The second-order valence-corrected chi connectivity index (χ2v) is 7.43. The van der Waals surface area contributed by atoms with Crippen LogP contribution in [0.3, 0.4) is 0 Å². The number of benzene rings is 1. The van der Waals surface area contributed by atoms with Gasteiger partial charge in [0.05, 0.1) is 25.6 Å². The molecular formula is C21H17Cl2N5O6. The largest absolute Gasteiger partial charge is 0.467 e. The number of nitrogens with one attached hydrogen (secondary N) is 4. The minimum Gasteiger partial charge on any atom is -0.467 e. The number of nitrogens with zero attached hydrogens (tertiary/aromatic N) is 1. The van der Waals surface area contributed by atoms with Crippen LogP contribution < -0.4 is 21.4 Å². The predicted octanol–water partition coefficient (Wildman–Crippen LogP) is 2.20. The number of halogens is 2. The van der Waals surface area contributed by atoms with E-state index in [2.05, 4.69) is 26.5 Å². The number of carbonyl (C=O) groups excluding carboxylic acids is 4. The van der Waals surface area contributed by atoms with Gasteiger partial charge in [-0.25, -0.2) is 5.43 Å². The Bertz CT molecular complexity index is 1200. The topological polar surface area (TPSA) is 155 Å². The zero-order valence-electron chi connectivity index (χ0n) is 17.3. The van der Waals surface area contributed by atoms with Crippen LogP contribution in [0.5, 0.6) is 0 Å². The molecule has 176 valence electrons. The van der Waals surface area contributed by atoms with Crippen molar-refractivity contribution in [3.8, 4) is 0 Å². The lowest BCUT2D eigenvalue weighted by molar-refractivity contribution is -0.139. The molecule has 1 aromatic carbocycles. The van der Waals surface area contributed by atoms with Crippen LogP contribution in [0.25, 0.3) is 0 Å². The normalized spacial score (nSPS) is 10.6. The van der Waals surface area contributed by atoms with Crippen molar-refractivity contribution in [2.24, 2.45) is 5.10 Å². The number of hydrogen-bond acceptors (Lipinski definition) is 7. The van der Waals surface area contributed by atoms with Gasteiger partial charge in [-0.05, 0) is 42.5 Å². The molecule has 4 amide bonds. The highest BCUT2D eigenvalue weighted by molar-refractivity contribution is 6.40. The Morgan fingerprint density at radius 3 is 2.21 bits per heavy atom. The van der Waals surface area contributed by atoms with E-state index in [1.54, 1.807) is 12.1 Å². The monoisotopic (exact) mass is 505 g/mol. The number of amides is 4. The van der Waals surface area contributed by atoms with Crippen molar-refractivity contribution in [1.82, 2.24) is 16.1 Å². The van der Waals surface area contributed by atoms with Crippen LogP contribution in [0.4, 0.5) is 5.69 Å². The Labute approximate surface area is 202 Å². The SMILES string of the molecule is O=C(NCc1ccco1)C(=O)N/N=C/c1ccc(CNC(=O)C(=O)Nc2cc(Cl)cc(Cl)c2)o1. The van der Waals surface area contributed by atoms with Crippen molar-refractivity contribution in [3.63, 3.8) is 0 Å². The summed E-state index contributed by atoms with van der Waals surface area (Å²) >= 11 is 11.7. The standard InChI is InChI=1S/C21H17Cl2N5O6/c22-12-6-13(23)8-14(7-12)27-20(31)18(29)25-10-16-3-4-17(34-16)11-26-28-21(32)19(30)24-9-15-2-1-5-33-15/h1-8,11H,9-10H2,(H,24,30)(H,25,29)(H,27,31)(H,28,32)/b26-11+. The molecule has 4 N–H and O–H groups in total. The van der Waals surface area contributed by atoms with Gasteiger partial charge < -0.3 is 24.8 Å². The van der Waals surface area contributed by atoms with Crippen LogP contribution in [0.2, 0.25) is 10.0 Å². The lowest BCUT2D eigenvalue weighted by atomic mass is 10.3. The summed E-state index contributed by atoms with van der Waals surface area (Å²) < 4.78 is 10.4. The molecule has 13 heteroatoms. The molecule has 11 nitrogen and oxygen atoms in total. The molecular weight excluding hydrogens is 489 g/mol. The van der Waals surface area contributed by atoms with Gasteiger partial charge in [-0.3, -0.25) is 19.2 Å². The Balaban J connectivity index is 1.41. The van der Waals surface area contributed by atoms with Gasteiger partial charge in [0.25, 0.3) is 0 Å². The first kappa shape index (κ1) is 24.6. The summed E-state index contributed by atoms with van der Waals surface area (Å²) in [5, 5.41) is 11.4. The van der Waals surface area contributed by atoms with Crippen molar-refractivity contribution < 1.29 is 28.0 Å². The van der Waals surface area contributed by atoms with E-state index >= 15 is 0 Å². The molecule has 0 atom stereocenters. The van der Waals surface area contributed by atoms with Crippen molar-refractivity contribution in [2.45, 2.75) is 13.1 Å². The van der Waals surface area contributed by atoms with Crippen LogP contribution >= 0.6 is 23.2 Å². The fourth-order valence-corrected chi connectivity index (χ4v) is 3.01. The Morgan fingerprint density at radius 1 is 0.853 bits per heavy atom. The minimum absolute atomic E-state index is 0.0566. The van der Waals surface area contributed by atoms with Gasteiger partial charge in [0.15, 0.2) is 0 Å². The third-order valence-electron chi connectivity index (χ3n) is 4.00. The number of hydrazone groups is 1.